The van der Waals surface area contributed by atoms with Crippen LogP contribution in [0, 0.1) is 0 Å². The molecule has 0 saturated carbocycles. The molecule has 1 heterocycles. The third-order valence-corrected chi connectivity index (χ3v) is 4.00. The monoisotopic (exact) mass is 361 g/mol. The molecule has 7 heteroatoms. The Balaban J connectivity index is 2.01. The molecule has 26 heavy (non-hydrogen) atoms. The molecule has 0 saturated heterocycles. The van der Waals surface area contributed by atoms with Crippen molar-refractivity contribution in [3.8, 4) is 11.5 Å². The molecule has 0 aliphatic carbocycles. The van der Waals surface area contributed by atoms with Gasteiger partial charge in [0.1, 0.15) is 5.78 Å². The molecule has 0 aliphatic heterocycles. The fourth-order valence-electron chi connectivity index (χ4n) is 2.65. The highest BCUT2D eigenvalue weighted by atomic mass is 16.5. The number of carbonyl (C=O) groups excluding carboxylic acids is 3. The minimum absolute atomic E-state index is 0.0459. The number of aromatic nitrogens is 1. The fourth-order valence-corrected chi connectivity index (χ4v) is 2.65. The summed E-state index contributed by atoms with van der Waals surface area (Å²) in [5.74, 6) is 0.376. The standard InChI is InChI=1S/C19H23NO6/c1-4-26-19(23)8-6-14(21)5-7-18(22)20-10-9-13-11-16(24-2)17(25-3)12-15(13)20/h9-12H,4-8H2,1-3H3. The molecule has 0 amide bonds. The second-order valence-electron chi connectivity index (χ2n) is 5.69. The Morgan fingerprint density at radius 2 is 1.62 bits per heavy atom. The second kappa shape index (κ2) is 9.03. The van der Waals surface area contributed by atoms with Crippen molar-refractivity contribution < 1.29 is 28.6 Å². The molecule has 0 spiro atoms. The van der Waals surface area contributed by atoms with E-state index in [0.29, 0.717) is 23.6 Å². The molecule has 0 fully saturated rings. The highest BCUT2D eigenvalue weighted by molar-refractivity contribution is 5.95. The minimum Gasteiger partial charge on any atom is -0.493 e. The summed E-state index contributed by atoms with van der Waals surface area (Å²) in [7, 11) is 3.08. The first kappa shape index (κ1) is 19.5. The number of esters is 1. The number of carbonyl (C=O) groups is 3. The Hall–Kier alpha value is -2.83. The van der Waals surface area contributed by atoms with Gasteiger partial charge in [-0.3, -0.25) is 19.0 Å². The molecule has 0 bridgehead atoms. The number of hydrogen-bond donors (Lipinski definition) is 0. The number of fused-ring (bicyclic) bond motifs is 1. The smallest absolute Gasteiger partial charge is 0.306 e. The van der Waals surface area contributed by atoms with Crippen LogP contribution in [0.15, 0.2) is 24.4 Å². The van der Waals surface area contributed by atoms with E-state index in [9.17, 15) is 14.4 Å². The maximum atomic E-state index is 12.5. The summed E-state index contributed by atoms with van der Waals surface area (Å²) in [5.41, 5.74) is 0.687. The zero-order chi connectivity index (χ0) is 19.1. The van der Waals surface area contributed by atoms with Crippen molar-refractivity contribution in [1.29, 1.82) is 0 Å². The quantitative estimate of drug-likeness (QED) is 0.639. The maximum absolute atomic E-state index is 12.5. The molecule has 2 aromatic rings. The molecule has 140 valence electrons. The van der Waals surface area contributed by atoms with Crippen LogP contribution in [-0.2, 0) is 14.3 Å². The first-order chi connectivity index (χ1) is 12.5. The van der Waals surface area contributed by atoms with E-state index in [0.717, 1.165) is 5.39 Å². The predicted molar refractivity (Wildman–Crippen MR) is 95.8 cm³/mol. The summed E-state index contributed by atoms with van der Waals surface area (Å²) in [4.78, 5) is 35.6. The summed E-state index contributed by atoms with van der Waals surface area (Å²) < 4.78 is 16.8. The van der Waals surface area contributed by atoms with Crippen LogP contribution in [0.2, 0.25) is 0 Å². The van der Waals surface area contributed by atoms with Gasteiger partial charge in [-0.25, -0.2) is 0 Å². The van der Waals surface area contributed by atoms with Crippen molar-refractivity contribution in [2.45, 2.75) is 32.6 Å². The van der Waals surface area contributed by atoms with Crippen LogP contribution in [0.25, 0.3) is 10.9 Å². The SMILES string of the molecule is CCOC(=O)CCC(=O)CCC(=O)n1ccc2cc(OC)c(OC)cc21. The van der Waals surface area contributed by atoms with Crippen molar-refractivity contribution in [2.24, 2.45) is 0 Å². The molecule has 1 aromatic heterocycles. The summed E-state index contributed by atoms with van der Waals surface area (Å²) >= 11 is 0. The van der Waals surface area contributed by atoms with E-state index in [4.69, 9.17) is 14.2 Å². The average molecular weight is 361 g/mol. The molecule has 0 atom stereocenters. The molecule has 0 aliphatic rings. The summed E-state index contributed by atoms with van der Waals surface area (Å²) in [6.07, 6.45) is 1.95. The van der Waals surface area contributed by atoms with Gasteiger partial charge in [-0.2, -0.15) is 0 Å². The van der Waals surface area contributed by atoms with Crippen molar-refractivity contribution in [3.63, 3.8) is 0 Å². The van der Waals surface area contributed by atoms with E-state index in [1.54, 1.807) is 38.4 Å². The molecule has 0 radical (unpaired) electrons. The number of ether oxygens (including phenoxy) is 3. The first-order valence-electron chi connectivity index (χ1n) is 8.43. The van der Waals surface area contributed by atoms with Crippen LogP contribution in [0.5, 0.6) is 11.5 Å². The van der Waals surface area contributed by atoms with E-state index in [2.05, 4.69) is 0 Å². The molecular weight excluding hydrogens is 338 g/mol. The van der Waals surface area contributed by atoms with Crippen LogP contribution in [0.1, 0.15) is 37.4 Å². The Kier molecular flexibility index (Phi) is 6.77. The number of nitrogens with zero attached hydrogens (tertiary/aromatic N) is 1. The first-order valence-corrected chi connectivity index (χ1v) is 8.43. The van der Waals surface area contributed by atoms with Crippen LogP contribution in [-0.4, -0.2) is 43.1 Å². The van der Waals surface area contributed by atoms with Gasteiger partial charge in [0.2, 0.25) is 5.91 Å². The zero-order valence-corrected chi connectivity index (χ0v) is 15.2. The highest BCUT2D eigenvalue weighted by Crippen LogP contribution is 2.32. The molecule has 2 rings (SSSR count). The van der Waals surface area contributed by atoms with Gasteiger partial charge in [-0.15, -0.1) is 0 Å². The van der Waals surface area contributed by atoms with Crippen LogP contribution >= 0.6 is 0 Å². The van der Waals surface area contributed by atoms with Crippen LogP contribution < -0.4 is 9.47 Å². The topological polar surface area (TPSA) is 83.8 Å². The van der Waals surface area contributed by atoms with E-state index in [1.165, 1.54) is 11.7 Å². The Morgan fingerprint density at radius 1 is 0.962 bits per heavy atom. The van der Waals surface area contributed by atoms with E-state index < -0.39 is 5.97 Å². The van der Waals surface area contributed by atoms with Crippen molar-refractivity contribution in [1.82, 2.24) is 4.57 Å². The van der Waals surface area contributed by atoms with E-state index >= 15 is 0 Å². The van der Waals surface area contributed by atoms with Gasteiger partial charge in [0.25, 0.3) is 0 Å². The lowest BCUT2D eigenvalue weighted by Gasteiger charge is -2.09. The lowest BCUT2D eigenvalue weighted by Crippen LogP contribution is -2.13. The number of benzene rings is 1. The molecule has 0 N–H and O–H groups in total. The van der Waals surface area contributed by atoms with Gasteiger partial charge >= 0.3 is 5.97 Å². The molecule has 1 aromatic carbocycles. The average Bonchev–Trinajstić information content (AvgIpc) is 3.06. The number of ketones is 1. The second-order valence-corrected chi connectivity index (χ2v) is 5.69. The van der Waals surface area contributed by atoms with Gasteiger partial charge in [0.15, 0.2) is 11.5 Å². The van der Waals surface area contributed by atoms with Gasteiger partial charge in [-0.1, -0.05) is 0 Å². The Morgan fingerprint density at radius 3 is 2.27 bits per heavy atom. The number of Topliss-reactive ketones (excluding diaryl/α,β-unsaturated/α-hetero) is 1. The number of hydrogen-bond acceptors (Lipinski definition) is 6. The summed E-state index contributed by atoms with van der Waals surface area (Å²) in [6, 6.07) is 5.33. The minimum atomic E-state index is -0.398. The maximum Gasteiger partial charge on any atom is 0.306 e. The highest BCUT2D eigenvalue weighted by Gasteiger charge is 2.15. The Labute approximate surface area is 151 Å². The molecule has 7 nitrogen and oxygen atoms in total. The summed E-state index contributed by atoms with van der Waals surface area (Å²) in [6.45, 7) is 2.00. The van der Waals surface area contributed by atoms with Gasteiger partial charge < -0.3 is 14.2 Å². The predicted octanol–water partition coefficient (Wildman–Crippen LogP) is 2.99. The van der Waals surface area contributed by atoms with Crippen molar-refractivity contribution in [3.05, 3.63) is 24.4 Å². The van der Waals surface area contributed by atoms with Gasteiger partial charge in [0.05, 0.1) is 32.8 Å². The molecular formula is C19H23NO6. The van der Waals surface area contributed by atoms with E-state index in [-0.39, 0.29) is 37.4 Å². The normalized spacial score (nSPS) is 10.6. The lowest BCUT2D eigenvalue weighted by atomic mass is 10.1. The van der Waals surface area contributed by atoms with Crippen molar-refractivity contribution in [2.75, 3.05) is 20.8 Å². The Bertz CT molecular complexity index is 808. The number of methoxy groups -OCH3 is 2. The van der Waals surface area contributed by atoms with Crippen LogP contribution in [0.4, 0.5) is 0 Å². The molecule has 0 unspecified atom stereocenters. The lowest BCUT2D eigenvalue weighted by molar-refractivity contribution is -0.144. The van der Waals surface area contributed by atoms with Gasteiger partial charge in [-0.05, 0) is 19.1 Å². The van der Waals surface area contributed by atoms with E-state index in [1.807, 2.05) is 0 Å². The summed E-state index contributed by atoms with van der Waals surface area (Å²) in [5, 5.41) is 0.838. The van der Waals surface area contributed by atoms with Gasteiger partial charge in [0, 0.05) is 36.9 Å². The largest absolute Gasteiger partial charge is 0.493 e. The third kappa shape index (κ3) is 4.62. The van der Waals surface area contributed by atoms with Crippen LogP contribution in [0.3, 0.4) is 0 Å². The zero-order valence-electron chi connectivity index (χ0n) is 15.2. The third-order valence-electron chi connectivity index (χ3n) is 4.00. The van der Waals surface area contributed by atoms with Crippen molar-refractivity contribution >= 4 is 28.6 Å². The fraction of sp³-hybridized carbons (Fsp3) is 0.421. The number of rotatable bonds is 9.